The summed E-state index contributed by atoms with van der Waals surface area (Å²) in [5, 5.41) is 3.63. The van der Waals surface area contributed by atoms with Gasteiger partial charge >= 0.3 is 0 Å². The summed E-state index contributed by atoms with van der Waals surface area (Å²) in [5.41, 5.74) is 6.63. The Morgan fingerprint density at radius 1 is 1.65 bits per heavy atom. The van der Waals surface area contributed by atoms with Crippen LogP contribution in [0.5, 0.6) is 0 Å². The molecular formula is C13H17ClN2O. The van der Waals surface area contributed by atoms with E-state index in [4.69, 9.17) is 17.3 Å². The minimum Gasteiger partial charge on any atom is -0.352 e. The number of rotatable bonds is 4. The summed E-state index contributed by atoms with van der Waals surface area (Å²) in [6.07, 6.45) is 0.906. The fourth-order valence-corrected chi connectivity index (χ4v) is 2.20. The van der Waals surface area contributed by atoms with Gasteiger partial charge in [-0.25, -0.2) is 0 Å². The van der Waals surface area contributed by atoms with Crippen molar-refractivity contribution >= 4 is 17.5 Å². The summed E-state index contributed by atoms with van der Waals surface area (Å²) < 4.78 is 0. The standard InChI is InChI=1S/C13H17ClN2O/c1-8(7-15)16-13(17)12-6-11(12)9-3-2-4-10(14)5-9/h2-5,8,11-12H,6-7,15H2,1H3,(H,16,17)/t8-,11?,12?/m0/s1. The van der Waals surface area contributed by atoms with E-state index in [1.54, 1.807) is 0 Å². The predicted octanol–water partition coefficient (Wildman–Crippen LogP) is 1.91. The van der Waals surface area contributed by atoms with Crippen molar-refractivity contribution in [2.75, 3.05) is 6.54 Å². The molecule has 0 radical (unpaired) electrons. The maximum absolute atomic E-state index is 11.8. The van der Waals surface area contributed by atoms with Gasteiger partial charge in [-0.15, -0.1) is 0 Å². The van der Waals surface area contributed by atoms with E-state index in [1.807, 2.05) is 31.2 Å². The van der Waals surface area contributed by atoms with Crippen LogP contribution in [0.1, 0.15) is 24.8 Å². The van der Waals surface area contributed by atoms with Crippen molar-refractivity contribution in [1.82, 2.24) is 5.32 Å². The lowest BCUT2D eigenvalue weighted by Crippen LogP contribution is -2.38. The topological polar surface area (TPSA) is 55.1 Å². The first kappa shape index (κ1) is 12.4. The van der Waals surface area contributed by atoms with Gasteiger partial charge in [0.25, 0.3) is 0 Å². The van der Waals surface area contributed by atoms with Crippen LogP contribution >= 0.6 is 11.6 Å². The number of benzene rings is 1. The Kier molecular flexibility index (Phi) is 3.69. The van der Waals surface area contributed by atoms with Gasteiger partial charge in [0.15, 0.2) is 0 Å². The van der Waals surface area contributed by atoms with Gasteiger partial charge in [-0.3, -0.25) is 4.79 Å². The molecule has 2 rings (SSSR count). The number of nitrogens with two attached hydrogens (primary N) is 1. The molecule has 0 aliphatic heterocycles. The van der Waals surface area contributed by atoms with Gasteiger partial charge in [-0.2, -0.15) is 0 Å². The molecule has 3 atom stereocenters. The highest BCUT2D eigenvalue weighted by Gasteiger charge is 2.44. The summed E-state index contributed by atoms with van der Waals surface area (Å²) in [6.45, 7) is 2.38. The molecule has 1 aliphatic carbocycles. The van der Waals surface area contributed by atoms with Crippen LogP contribution in [0, 0.1) is 5.92 Å². The number of halogens is 1. The Hall–Kier alpha value is -1.06. The zero-order valence-corrected chi connectivity index (χ0v) is 10.6. The molecule has 3 nitrogen and oxygen atoms in total. The fourth-order valence-electron chi connectivity index (χ4n) is 2.00. The van der Waals surface area contributed by atoms with E-state index >= 15 is 0 Å². The Bertz CT molecular complexity index is 422. The third-order valence-corrected chi connectivity index (χ3v) is 3.38. The van der Waals surface area contributed by atoms with Crippen molar-refractivity contribution in [2.24, 2.45) is 11.7 Å². The molecule has 1 fully saturated rings. The summed E-state index contributed by atoms with van der Waals surface area (Å²) in [5.74, 6) is 0.508. The van der Waals surface area contributed by atoms with Crippen molar-refractivity contribution in [1.29, 1.82) is 0 Å². The third-order valence-electron chi connectivity index (χ3n) is 3.15. The molecular weight excluding hydrogens is 236 g/mol. The second-order valence-electron chi connectivity index (χ2n) is 4.65. The summed E-state index contributed by atoms with van der Waals surface area (Å²) in [6, 6.07) is 7.78. The van der Waals surface area contributed by atoms with E-state index in [9.17, 15) is 4.79 Å². The Morgan fingerprint density at radius 3 is 3.06 bits per heavy atom. The van der Waals surface area contributed by atoms with Crippen molar-refractivity contribution in [3.05, 3.63) is 34.9 Å². The molecule has 1 amide bonds. The molecule has 0 bridgehead atoms. The smallest absolute Gasteiger partial charge is 0.224 e. The summed E-state index contributed by atoms with van der Waals surface area (Å²) in [4.78, 5) is 11.8. The first-order valence-electron chi connectivity index (χ1n) is 5.87. The van der Waals surface area contributed by atoms with E-state index in [-0.39, 0.29) is 17.9 Å². The predicted molar refractivity (Wildman–Crippen MR) is 69.0 cm³/mol. The van der Waals surface area contributed by atoms with E-state index in [1.165, 1.54) is 0 Å². The van der Waals surface area contributed by atoms with Gasteiger partial charge in [0.05, 0.1) is 0 Å². The number of hydrogen-bond donors (Lipinski definition) is 2. The molecule has 92 valence electrons. The highest BCUT2D eigenvalue weighted by atomic mass is 35.5. The van der Waals surface area contributed by atoms with E-state index < -0.39 is 0 Å². The quantitative estimate of drug-likeness (QED) is 0.860. The first-order chi connectivity index (χ1) is 8.11. The molecule has 1 saturated carbocycles. The number of carbonyl (C=O) groups is 1. The maximum atomic E-state index is 11.8. The van der Waals surface area contributed by atoms with Crippen LogP contribution in [0.4, 0.5) is 0 Å². The SMILES string of the molecule is C[C@@H](CN)NC(=O)C1CC1c1cccc(Cl)c1. The number of hydrogen-bond acceptors (Lipinski definition) is 2. The number of amides is 1. The zero-order chi connectivity index (χ0) is 12.4. The molecule has 0 aromatic heterocycles. The van der Waals surface area contributed by atoms with Gasteiger partial charge in [0.1, 0.15) is 0 Å². The minimum absolute atomic E-state index is 0.0445. The summed E-state index contributed by atoms with van der Waals surface area (Å²) >= 11 is 5.93. The van der Waals surface area contributed by atoms with Crippen LogP contribution in [0.3, 0.4) is 0 Å². The van der Waals surface area contributed by atoms with E-state index in [0.717, 1.165) is 17.0 Å². The zero-order valence-electron chi connectivity index (χ0n) is 9.82. The van der Waals surface area contributed by atoms with Gasteiger partial charge in [0, 0.05) is 23.5 Å². The molecule has 2 unspecified atom stereocenters. The van der Waals surface area contributed by atoms with Crippen LogP contribution in [0.15, 0.2) is 24.3 Å². The van der Waals surface area contributed by atoms with Crippen LogP contribution in [-0.4, -0.2) is 18.5 Å². The lowest BCUT2D eigenvalue weighted by molar-refractivity contribution is -0.122. The third kappa shape index (κ3) is 2.99. The minimum atomic E-state index is 0.0445. The largest absolute Gasteiger partial charge is 0.352 e. The highest BCUT2D eigenvalue weighted by Crippen LogP contribution is 2.47. The van der Waals surface area contributed by atoms with Crippen molar-refractivity contribution < 1.29 is 4.79 Å². The van der Waals surface area contributed by atoms with Crippen molar-refractivity contribution in [3.8, 4) is 0 Å². The molecule has 4 heteroatoms. The molecule has 1 aromatic rings. The van der Waals surface area contributed by atoms with Crippen LogP contribution in [0.2, 0.25) is 5.02 Å². The maximum Gasteiger partial charge on any atom is 0.224 e. The highest BCUT2D eigenvalue weighted by molar-refractivity contribution is 6.30. The van der Waals surface area contributed by atoms with Gasteiger partial charge in [0.2, 0.25) is 5.91 Å². The fraction of sp³-hybridized carbons (Fsp3) is 0.462. The Morgan fingerprint density at radius 2 is 2.41 bits per heavy atom. The van der Waals surface area contributed by atoms with Gasteiger partial charge in [-0.1, -0.05) is 23.7 Å². The lowest BCUT2D eigenvalue weighted by atomic mass is 10.1. The molecule has 0 saturated heterocycles. The van der Waals surface area contributed by atoms with E-state index in [0.29, 0.717) is 12.5 Å². The lowest BCUT2D eigenvalue weighted by Gasteiger charge is -2.10. The summed E-state index contributed by atoms with van der Waals surface area (Å²) in [7, 11) is 0. The van der Waals surface area contributed by atoms with Gasteiger partial charge < -0.3 is 11.1 Å². The molecule has 1 aliphatic rings. The molecule has 0 heterocycles. The van der Waals surface area contributed by atoms with Crippen LogP contribution < -0.4 is 11.1 Å². The molecule has 17 heavy (non-hydrogen) atoms. The molecule has 1 aromatic carbocycles. The monoisotopic (exact) mass is 252 g/mol. The Labute approximate surface area is 106 Å². The molecule has 0 spiro atoms. The van der Waals surface area contributed by atoms with E-state index in [2.05, 4.69) is 5.32 Å². The number of nitrogens with one attached hydrogen (secondary N) is 1. The average Bonchev–Trinajstić information content (AvgIpc) is 3.08. The average molecular weight is 253 g/mol. The van der Waals surface area contributed by atoms with Crippen molar-refractivity contribution in [2.45, 2.75) is 25.3 Å². The normalized spacial score (nSPS) is 24.2. The first-order valence-corrected chi connectivity index (χ1v) is 6.25. The van der Waals surface area contributed by atoms with Gasteiger partial charge in [-0.05, 0) is 37.0 Å². The van der Waals surface area contributed by atoms with Crippen LogP contribution in [-0.2, 0) is 4.79 Å². The van der Waals surface area contributed by atoms with Crippen LogP contribution in [0.25, 0.3) is 0 Å². The second kappa shape index (κ2) is 5.07. The number of carbonyl (C=O) groups excluding carboxylic acids is 1. The second-order valence-corrected chi connectivity index (χ2v) is 5.09. The Balaban J connectivity index is 1.94. The van der Waals surface area contributed by atoms with Crippen molar-refractivity contribution in [3.63, 3.8) is 0 Å². The molecule has 3 N–H and O–H groups in total.